The number of rotatable bonds is 12. The van der Waals surface area contributed by atoms with E-state index in [0.29, 0.717) is 31.0 Å². The van der Waals surface area contributed by atoms with Crippen LogP contribution in [0.1, 0.15) is 11.1 Å². The molecule has 36 heavy (non-hydrogen) atoms. The van der Waals surface area contributed by atoms with Crippen molar-refractivity contribution in [2.24, 2.45) is 0 Å². The molecule has 0 saturated carbocycles. The number of ether oxygens (including phenoxy) is 2. The molecule has 9 nitrogen and oxygen atoms in total. The number of imidazole rings is 1. The predicted molar refractivity (Wildman–Crippen MR) is 138 cm³/mol. The van der Waals surface area contributed by atoms with Crippen molar-refractivity contribution >= 4 is 11.2 Å². The Kier molecular flexibility index (Phi) is 8.14. The van der Waals surface area contributed by atoms with Gasteiger partial charge in [0.2, 0.25) is 0 Å². The number of para-hydroxylation sites is 1. The van der Waals surface area contributed by atoms with Gasteiger partial charge < -0.3 is 19.1 Å². The average Bonchev–Trinajstić information content (AvgIpc) is 3.32. The van der Waals surface area contributed by atoms with Gasteiger partial charge >= 0.3 is 5.69 Å². The average molecular weight is 491 g/mol. The van der Waals surface area contributed by atoms with E-state index in [-0.39, 0.29) is 25.2 Å². The molecule has 1 atom stereocenters. The highest BCUT2D eigenvalue weighted by Gasteiger charge is 2.20. The summed E-state index contributed by atoms with van der Waals surface area (Å²) < 4.78 is 15.2. The molecule has 0 aliphatic rings. The zero-order valence-electron chi connectivity index (χ0n) is 20.2. The van der Waals surface area contributed by atoms with Gasteiger partial charge in [0.25, 0.3) is 5.56 Å². The normalized spacial score (nSPS) is 12.1. The van der Waals surface area contributed by atoms with Crippen LogP contribution in [0.3, 0.4) is 0 Å². The second-order valence-corrected chi connectivity index (χ2v) is 8.44. The molecule has 0 aliphatic carbocycles. The van der Waals surface area contributed by atoms with Crippen molar-refractivity contribution in [1.82, 2.24) is 18.7 Å². The first-order valence-corrected chi connectivity index (χ1v) is 11.7. The molecule has 2 aromatic heterocycles. The summed E-state index contributed by atoms with van der Waals surface area (Å²) in [5, 5.41) is 10.8. The third-order valence-electron chi connectivity index (χ3n) is 5.86. The van der Waals surface area contributed by atoms with Crippen LogP contribution < -0.4 is 16.0 Å². The highest BCUT2D eigenvalue weighted by molar-refractivity contribution is 5.70. The molecule has 0 aliphatic heterocycles. The fraction of sp³-hybridized carbons (Fsp3) is 0.296. The lowest BCUT2D eigenvalue weighted by atomic mass is 10.1. The van der Waals surface area contributed by atoms with Gasteiger partial charge in [0.15, 0.2) is 11.2 Å². The molecule has 4 aromatic rings. The molecule has 0 bridgehead atoms. The summed E-state index contributed by atoms with van der Waals surface area (Å²) in [6, 6.07) is 16.9. The predicted octanol–water partition coefficient (Wildman–Crippen LogP) is 2.22. The first kappa shape index (κ1) is 25.2. The molecular weight excluding hydrogens is 460 g/mol. The smallest absolute Gasteiger partial charge is 0.333 e. The highest BCUT2D eigenvalue weighted by Crippen LogP contribution is 2.19. The van der Waals surface area contributed by atoms with Crippen LogP contribution in [0.2, 0.25) is 0 Å². The Balaban J connectivity index is 1.67. The largest absolute Gasteiger partial charge is 0.491 e. The Morgan fingerprint density at radius 3 is 2.58 bits per heavy atom. The summed E-state index contributed by atoms with van der Waals surface area (Å²) in [6.45, 7) is 4.47. The maximum Gasteiger partial charge on any atom is 0.333 e. The van der Waals surface area contributed by atoms with Crippen molar-refractivity contribution in [2.75, 3.05) is 20.3 Å². The van der Waals surface area contributed by atoms with Gasteiger partial charge in [-0.1, -0.05) is 54.6 Å². The fourth-order valence-electron chi connectivity index (χ4n) is 4.09. The number of methoxy groups -OCH3 is 1. The molecule has 188 valence electrons. The van der Waals surface area contributed by atoms with Crippen molar-refractivity contribution in [3.63, 3.8) is 0 Å². The third kappa shape index (κ3) is 5.48. The number of aromatic nitrogens is 4. The van der Waals surface area contributed by atoms with E-state index in [9.17, 15) is 14.7 Å². The third-order valence-corrected chi connectivity index (χ3v) is 5.86. The maximum absolute atomic E-state index is 13.5. The van der Waals surface area contributed by atoms with E-state index in [1.165, 1.54) is 10.9 Å². The van der Waals surface area contributed by atoms with Crippen LogP contribution in [0.5, 0.6) is 5.75 Å². The van der Waals surface area contributed by atoms with Crippen LogP contribution >= 0.6 is 0 Å². The van der Waals surface area contributed by atoms with Gasteiger partial charge in [0, 0.05) is 13.7 Å². The quantitative estimate of drug-likeness (QED) is 0.306. The van der Waals surface area contributed by atoms with Gasteiger partial charge in [-0.2, -0.15) is 0 Å². The lowest BCUT2D eigenvalue weighted by Crippen LogP contribution is -2.44. The number of hydrogen-bond acceptors (Lipinski definition) is 6. The fourth-order valence-corrected chi connectivity index (χ4v) is 4.09. The lowest BCUT2D eigenvalue weighted by molar-refractivity contribution is 0.0898. The number of fused-ring (bicyclic) bond motifs is 1. The Morgan fingerprint density at radius 2 is 1.83 bits per heavy atom. The van der Waals surface area contributed by atoms with E-state index in [2.05, 4.69) is 11.6 Å². The van der Waals surface area contributed by atoms with Gasteiger partial charge in [0.05, 0.1) is 26.0 Å². The molecule has 4 rings (SSSR count). The number of allylic oxidation sites excluding steroid dienone is 1. The Hall–Kier alpha value is -3.95. The zero-order chi connectivity index (χ0) is 25.5. The zero-order valence-corrected chi connectivity index (χ0v) is 20.2. The lowest BCUT2D eigenvalue weighted by Gasteiger charge is -2.17. The standard InChI is InChI=1S/C27H30N4O5/c1-3-9-21-12-7-8-13-23(21)36-18-22(32)17-31-26(33)24-25(28-19-29(24)14-15-35-2)30(27(31)34)16-20-10-5-4-6-11-20/h3-8,10-13,19,22,32H,1,9,14-18H2,2H3. The van der Waals surface area contributed by atoms with Crippen LogP contribution in [-0.4, -0.2) is 50.2 Å². The van der Waals surface area contributed by atoms with Gasteiger partial charge in [-0.05, 0) is 23.6 Å². The van der Waals surface area contributed by atoms with Crippen molar-refractivity contribution < 1.29 is 14.6 Å². The van der Waals surface area contributed by atoms with Crippen LogP contribution in [-0.2, 0) is 30.8 Å². The minimum Gasteiger partial charge on any atom is -0.491 e. The van der Waals surface area contributed by atoms with Gasteiger partial charge in [-0.25, -0.2) is 9.78 Å². The number of benzene rings is 2. The number of nitrogens with zero attached hydrogens (tertiary/aromatic N) is 4. The Labute approximate surface area is 208 Å². The van der Waals surface area contributed by atoms with Gasteiger partial charge in [-0.15, -0.1) is 6.58 Å². The molecule has 9 heteroatoms. The monoisotopic (exact) mass is 490 g/mol. The summed E-state index contributed by atoms with van der Waals surface area (Å²) in [4.78, 5) is 31.3. The van der Waals surface area contributed by atoms with Crippen molar-refractivity contribution in [2.45, 2.75) is 32.2 Å². The molecular formula is C27H30N4O5. The molecule has 0 spiro atoms. The first-order valence-electron chi connectivity index (χ1n) is 11.7. The summed E-state index contributed by atoms with van der Waals surface area (Å²) in [7, 11) is 1.58. The maximum atomic E-state index is 13.5. The number of aliphatic hydroxyl groups excluding tert-OH is 1. The molecule has 1 unspecified atom stereocenters. The van der Waals surface area contributed by atoms with Crippen molar-refractivity contribution in [3.8, 4) is 5.75 Å². The summed E-state index contributed by atoms with van der Waals surface area (Å²) in [5.41, 5.74) is 1.35. The second kappa shape index (κ2) is 11.7. The topological polar surface area (TPSA) is 101 Å². The van der Waals surface area contributed by atoms with E-state index >= 15 is 0 Å². The van der Waals surface area contributed by atoms with Gasteiger partial charge in [0.1, 0.15) is 18.5 Å². The summed E-state index contributed by atoms with van der Waals surface area (Å²) in [6.07, 6.45) is 2.84. The van der Waals surface area contributed by atoms with E-state index in [1.54, 1.807) is 17.8 Å². The molecule has 0 saturated heterocycles. The van der Waals surface area contributed by atoms with E-state index in [0.717, 1.165) is 15.7 Å². The molecule has 1 N–H and O–H groups in total. The minimum atomic E-state index is -1.09. The Morgan fingerprint density at radius 1 is 1.08 bits per heavy atom. The number of hydrogen-bond donors (Lipinski definition) is 1. The molecule has 0 fully saturated rings. The van der Waals surface area contributed by atoms with Gasteiger partial charge in [-0.3, -0.25) is 13.9 Å². The Bertz CT molecular complexity index is 1440. The SMILES string of the molecule is C=CCc1ccccc1OCC(O)Cn1c(=O)c2c(ncn2CCOC)n(Cc2ccccc2)c1=O. The highest BCUT2D eigenvalue weighted by atomic mass is 16.5. The first-order chi connectivity index (χ1) is 17.5. The minimum absolute atomic E-state index is 0.0836. The molecule has 0 amide bonds. The van der Waals surface area contributed by atoms with Crippen molar-refractivity contribution in [1.29, 1.82) is 0 Å². The molecule has 0 radical (unpaired) electrons. The summed E-state index contributed by atoms with van der Waals surface area (Å²) >= 11 is 0. The van der Waals surface area contributed by atoms with Crippen molar-refractivity contribution in [3.05, 3.63) is 106 Å². The molecule has 2 heterocycles. The molecule has 2 aromatic carbocycles. The van der Waals surface area contributed by atoms with Crippen LogP contribution in [0.15, 0.2) is 83.2 Å². The van der Waals surface area contributed by atoms with Crippen LogP contribution in [0.25, 0.3) is 11.2 Å². The number of aliphatic hydroxyl groups is 1. The second-order valence-electron chi connectivity index (χ2n) is 8.44. The van der Waals surface area contributed by atoms with E-state index in [1.807, 2.05) is 54.6 Å². The summed E-state index contributed by atoms with van der Waals surface area (Å²) in [5.74, 6) is 0.623. The van der Waals surface area contributed by atoms with E-state index < -0.39 is 17.4 Å². The van der Waals surface area contributed by atoms with Crippen LogP contribution in [0, 0.1) is 0 Å². The van der Waals surface area contributed by atoms with Crippen LogP contribution in [0.4, 0.5) is 0 Å². The van der Waals surface area contributed by atoms with E-state index in [4.69, 9.17) is 9.47 Å².